The average molecular weight is 326 g/mol. The Labute approximate surface area is 142 Å². The van der Waals surface area contributed by atoms with E-state index in [0.29, 0.717) is 18.3 Å². The van der Waals surface area contributed by atoms with Crippen molar-refractivity contribution in [1.29, 1.82) is 0 Å². The maximum atomic E-state index is 11.5. The van der Waals surface area contributed by atoms with E-state index in [2.05, 4.69) is 24.7 Å². The summed E-state index contributed by atoms with van der Waals surface area (Å²) in [5.74, 6) is 1.85. The van der Waals surface area contributed by atoms with Gasteiger partial charge in [-0.25, -0.2) is 4.79 Å². The fraction of sp³-hybridized carbons (Fsp3) is 0.350. The SMILES string of the molecule is COC(=O)Oc1cccc(C2CC2)c1COc1ccc(C)c(C)c1. The van der Waals surface area contributed by atoms with Crippen molar-refractivity contribution in [3.63, 3.8) is 0 Å². The molecule has 3 rings (SSSR count). The Balaban J connectivity index is 1.84. The van der Waals surface area contributed by atoms with Crippen molar-refractivity contribution in [2.24, 2.45) is 0 Å². The quantitative estimate of drug-likeness (QED) is 0.579. The summed E-state index contributed by atoms with van der Waals surface area (Å²) in [6.07, 6.45) is 1.62. The minimum absolute atomic E-state index is 0.363. The number of methoxy groups -OCH3 is 1. The molecule has 0 N–H and O–H groups in total. The zero-order chi connectivity index (χ0) is 17.1. The molecular weight excluding hydrogens is 304 g/mol. The van der Waals surface area contributed by atoms with Crippen LogP contribution in [0.1, 0.15) is 41.0 Å². The Morgan fingerprint density at radius 3 is 2.58 bits per heavy atom. The van der Waals surface area contributed by atoms with Gasteiger partial charge in [0.2, 0.25) is 0 Å². The average Bonchev–Trinajstić information content (AvgIpc) is 3.41. The Hall–Kier alpha value is -2.49. The smallest absolute Gasteiger partial charge is 0.489 e. The fourth-order valence-corrected chi connectivity index (χ4v) is 2.70. The second-order valence-corrected chi connectivity index (χ2v) is 6.19. The van der Waals surface area contributed by atoms with Crippen LogP contribution in [0, 0.1) is 13.8 Å². The zero-order valence-electron chi connectivity index (χ0n) is 14.3. The molecule has 2 aromatic carbocycles. The van der Waals surface area contributed by atoms with Gasteiger partial charge >= 0.3 is 6.16 Å². The van der Waals surface area contributed by atoms with E-state index in [0.717, 1.165) is 24.2 Å². The summed E-state index contributed by atoms with van der Waals surface area (Å²) >= 11 is 0. The summed E-state index contributed by atoms with van der Waals surface area (Å²) < 4.78 is 15.9. The molecule has 0 aliphatic heterocycles. The number of rotatable bonds is 5. The molecule has 126 valence electrons. The van der Waals surface area contributed by atoms with E-state index in [1.54, 1.807) is 6.07 Å². The van der Waals surface area contributed by atoms with Gasteiger partial charge in [-0.3, -0.25) is 0 Å². The molecule has 1 aliphatic carbocycles. The number of hydrogen-bond acceptors (Lipinski definition) is 4. The molecule has 0 radical (unpaired) electrons. The Bertz CT molecular complexity index is 747. The van der Waals surface area contributed by atoms with Crippen LogP contribution >= 0.6 is 0 Å². The predicted molar refractivity (Wildman–Crippen MR) is 91.7 cm³/mol. The first-order valence-corrected chi connectivity index (χ1v) is 8.16. The van der Waals surface area contributed by atoms with Gasteiger partial charge in [-0.05, 0) is 67.5 Å². The van der Waals surface area contributed by atoms with Crippen molar-refractivity contribution < 1.29 is 19.0 Å². The summed E-state index contributed by atoms with van der Waals surface area (Å²) in [5.41, 5.74) is 4.54. The van der Waals surface area contributed by atoms with Gasteiger partial charge < -0.3 is 14.2 Å². The first-order valence-electron chi connectivity index (χ1n) is 8.16. The molecule has 0 amide bonds. The van der Waals surface area contributed by atoms with Gasteiger partial charge in [0.25, 0.3) is 0 Å². The lowest BCUT2D eigenvalue weighted by molar-refractivity contribution is 0.120. The summed E-state index contributed by atoms with van der Waals surface area (Å²) in [6, 6.07) is 11.8. The Morgan fingerprint density at radius 2 is 1.92 bits per heavy atom. The molecule has 24 heavy (non-hydrogen) atoms. The second kappa shape index (κ2) is 6.95. The molecule has 4 heteroatoms. The van der Waals surface area contributed by atoms with Crippen LogP contribution in [0.15, 0.2) is 36.4 Å². The van der Waals surface area contributed by atoms with E-state index in [9.17, 15) is 4.79 Å². The highest BCUT2D eigenvalue weighted by Gasteiger charge is 2.28. The number of benzene rings is 2. The highest BCUT2D eigenvalue weighted by atomic mass is 16.7. The van der Waals surface area contributed by atoms with Crippen molar-refractivity contribution in [3.05, 3.63) is 58.7 Å². The molecule has 4 nitrogen and oxygen atoms in total. The summed E-state index contributed by atoms with van der Waals surface area (Å²) in [6.45, 7) is 4.50. The molecule has 0 heterocycles. The largest absolute Gasteiger partial charge is 0.513 e. The minimum atomic E-state index is -0.713. The normalized spacial score (nSPS) is 13.5. The third-order valence-electron chi connectivity index (χ3n) is 4.41. The van der Waals surface area contributed by atoms with Crippen LogP contribution in [0.2, 0.25) is 0 Å². The summed E-state index contributed by atoms with van der Waals surface area (Å²) in [5, 5.41) is 0. The van der Waals surface area contributed by atoms with Crippen molar-refractivity contribution in [3.8, 4) is 11.5 Å². The van der Waals surface area contributed by atoms with E-state index in [1.807, 2.05) is 24.3 Å². The van der Waals surface area contributed by atoms with Gasteiger partial charge in [0.15, 0.2) is 0 Å². The van der Waals surface area contributed by atoms with E-state index in [-0.39, 0.29) is 0 Å². The van der Waals surface area contributed by atoms with Crippen LogP contribution in [0.25, 0.3) is 0 Å². The summed E-state index contributed by atoms with van der Waals surface area (Å²) in [7, 11) is 1.30. The lowest BCUT2D eigenvalue weighted by Crippen LogP contribution is -2.11. The first-order chi connectivity index (χ1) is 11.6. The maximum Gasteiger partial charge on any atom is 0.513 e. The molecule has 2 aromatic rings. The van der Waals surface area contributed by atoms with Crippen molar-refractivity contribution in [2.75, 3.05) is 7.11 Å². The van der Waals surface area contributed by atoms with Crippen LogP contribution in [-0.2, 0) is 11.3 Å². The van der Waals surface area contributed by atoms with Gasteiger partial charge in [-0.2, -0.15) is 0 Å². The highest BCUT2D eigenvalue weighted by molar-refractivity contribution is 5.65. The molecule has 0 saturated heterocycles. The molecule has 0 bridgehead atoms. The molecular formula is C20H22O4. The number of aryl methyl sites for hydroxylation is 2. The minimum Gasteiger partial charge on any atom is -0.489 e. The number of carbonyl (C=O) groups excluding carboxylic acids is 1. The predicted octanol–water partition coefficient (Wildman–Crippen LogP) is 4.91. The van der Waals surface area contributed by atoms with Gasteiger partial charge in [-0.15, -0.1) is 0 Å². The molecule has 0 spiro atoms. The first kappa shape index (κ1) is 16.4. The third-order valence-corrected chi connectivity index (χ3v) is 4.41. The number of carbonyl (C=O) groups is 1. The molecule has 0 aromatic heterocycles. The molecule has 1 saturated carbocycles. The molecule has 1 aliphatic rings. The Kier molecular flexibility index (Phi) is 4.74. The maximum absolute atomic E-state index is 11.5. The standard InChI is InChI=1S/C20H22O4/c1-13-7-10-16(11-14(13)2)23-12-18-17(15-8-9-15)5-4-6-19(18)24-20(21)22-3/h4-7,10-11,15H,8-9,12H2,1-3H3. The van der Waals surface area contributed by atoms with Crippen LogP contribution < -0.4 is 9.47 Å². The highest BCUT2D eigenvalue weighted by Crippen LogP contribution is 2.44. The number of hydrogen-bond donors (Lipinski definition) is 0. The van der Waals surface area contributed by atoms with Gasteiger partial charge in [0.1, 0.15) is 18.1 Å². The van der Waals surface area contributed by atoms with E-state index in [1.165, 1.54) is 23.8 Å². The monoisotopic (exact) mass is 326 g/mol. The lowest BCUT2D eigenvalue weighted by atomic mass is 10.0. The van der Waals surface area contributed by atoms with Crippen LogP contribution in [-0.4, -0.2) is 13.3 Å². The van der Waals surface area contributed by atoms with Gasteiger partial charge in [0.05, 0.1) is 7.11 Å². The fourth-order valence-electron chi connectivity index (χ4n) is 2.70. The zero-order valence-corrected chi connectivity index (χ0v) is 14.3. The molecule has 0 unspecified atom stereocenters. The van der Waals surface area contributed by atoms with Gasteiger partial charge in [0, 0.05) is 5.56 Å². The third kappa shape index (κ3) is 3.70. The topological polar surface area (TPSA) is 44.8 Å². The molecule has 0 atom stereocenters. The number of ether oxygens (including phenoxy) is 3. The van der Waals surface area contributed by atoms with Crippen molar-refractivity contribution in [2.45, 2.75) is 39.2 Å². The van der Waals surface area contributed by atoms with Crippen molar-refractivity contribution >= 4 is 6.16 Å². The second-order valence-electron chi connectivity index (χ2n) is 6.19. The lowest BCUT2D eigenvalue weighted by Gasteiger charge is -2.15. The van der Waals surface area contributed by atoms with E-state index < -0.39 is 6.16 Å². The van der Waals surface area contributed by atoms with E-state index >= 15 is 0 Å². The molecule has 1 fully saturated rings. The van der Waals surface area contributed by atoms with Crippen LogP contribution in [0.5, 0.6) is 11.5 Å². The summed E-state index contributed by atoms with van der Waals surface area (Å²) in [4.78, 5) is 11.5. The van der Waals surface area contributed by atoms with Crippen LogP contribution in [0.4, 0.5) is 4.79 Å². The van der Waals surface area contributed by atoms with Gasteiger partial charge in [-0.1, -0.05) is 18.2 Å². The van der Waals surface area contributed by atoms with Crippen LogP contribution in [0.3, 0.4) is 0 Å². The Morgan fingerprint density at radius 1 is 1.12 bits per heavy atom. The van der Waals surface area contributed by atoms with Crippen molar-refractivity contribution in [1.82, 2.24) is 0 Å². The van der Waals surface area contributed by atoms with E-state index in [4.69, 9.17) is 9.47 Å².